The van der Waals surface area contributed by atoms with Gasteiger partial charge in [-0.05, 0) is 58.6 Å². The van der Waals surface area contributed by atoms with Crippen molar-refractivity contribution >= 4 is 17.7 Å². The maximum absolute atomic E-state index is 12.2. The van der Waals surface area contributed by atoms with E-state index in [4.69, 9.17) is 4.98 Å². The number of fused-ring (bicyclic) bond motifs is 1. The lowest BCUT2D eigenvalue weighted by Crippen LogP contribution is -2.41. The molecule has 0 bridgehead atoms. The van der Waals surface area contributed by atoms with Crippen LogP contribution in [-0.4, -0.2) is 26.8 Å². The molecule has 1 aliphatic carbocycles. The first kappa shape index (κ1) is 17.1. The molecule has 0 spiro atoms. The van der Waals surface area contributed by atoms with Crippen LogP contribution in [-0.2, 0) is 17.6 Å². The second-order valence-corrected chi connectivity index (χ2v) is 8.20. The summed E-state index contributed by atoms with van der Waals surface area (Å²) in [5, 5.41) is 3.94. The van der Waals surface area contributed by atoms with Gasteiger partial charge in [-0.3, -0.25) is 9.36 Å². The van der Waals surface area contributed by atoms with Gasteiger partial charge in [0.1, 0.15) is 0 Å². The van der Waals surface area contributed by atoms with E-state index in [1.165, 1.54) is 36.0 Å². The Morgan fingerprint density at radius 1 is 1.21 bits per heavy atom. The predicted octanol–water partition coefficient (Wildman–Crippen LogP) is 3.76. The first-order valence-electron chi connectivity index (χ1n) is 8.54. The molecule has 0 radical (unpaired) electrons. The predicted molar refractivity (Wildman–Crippen MR) is 98.8 cm³/mol. The third kappa shape index (κ3) is 4.01. The van der Waals surface area contributed by atoms with Crippen LogP contribution in [0.5, 0.6) is 0 Å². The molecule has 1 aromatic heterocycles. The summed E-state index contributed by atoms with van der Waals surface area (Å²) in [5.41, 5.74) is 3.44. The van der Waals surface area contributed by atoms with Gasteiger partial charge >= 0.3 is 0 Å². The highest BCUT2D eigenvalue weighted by atomic mass is 32.2. The number of imidazole rings is 1. The van der Waals surface area contributed by atoms with Crippen LogP contribution in [0.3, 0.4) is 0 Å². The molecule has 0 saturated heterocycles. The zero-order valence-corrected chi connectivity index (χ0v) is 15.4. The fraction of sp³-hybridized carbons (Fsp3) is 0.474. The van der Waals surface area contributed by atoms with E-state index in [0.717, 1.165) is 23.7 Å². The van der Waals surface area contributed by atoms with Gasteiger partial charge in [-0.15, -0.1) is 0 Å². The molecule has 0 fully saturated rings. The van der Waals surface area contributed by atoms with Gasteiger partial charge in [0.25, 0.3) is 0 Å². The Kier molecular flexibility index (Phi) is 4.99. The summed E-state index contributed by atoms with van der Waals surface area (Å²) in [5.74, 6) is 0.438. The van der Waals surface area contributed by atoms with Crippen molar-refractivity contribution in [2.75, 3.05) is 5.75 Å². The smallest absolute Gasteiger partial charge is 0.230 e. The number of carbonyl (C=O) groups is 1. The average Bonchev–Trinajstić information content (AvgIpc) is 2.90. The van der Waals surface area contributed by atoms with E-state index < -0.39 is 0 Å². The first-order chi connectivity index (χ1) is 11.4. The molecule has 3 rings (SSSR count). The second-order valence-electron chi connectivity index (χ2n) is 7.25. The first-order valence-corrected chi connectivity index (χ1v) is 9.52. The zero-order valence-electron chi connectivity index (χ0n) is 14.6. The molecule has 0 atom stereocenters. The Labute approximate surface area is 148 Å². The molecule has 1 N–H and O–H groups in total. The van der Waals surface area contributed by atoms with Crippen molar-refractivity contribution in [2.45, 2.75) is 57.1 Å². The maximum atomic E-state index is 12.2. The molecule has 0 unspecified atom stereocenters. The van der Waals surface area contributed by atoms with Crippen LogP contribution in [0.15, 0.2) is 35.5 Å². The normalized spacial score (nSPS) is 14.3. The van der Waals surface area contributed by atoms with E-state index in [1.54, 1.807) is 0 Å². The minimum Gasteiger partial charge on any atom is -0.351 e. The van der Waals surface area contributed by atoms with Crippen LogP contribution < -0.4 is 5.32 Å². The van der Waals surface area contributed by atoms with E-state index in [9.17, 15) is 4.79 Å². The minimum atomic E-state index is -0.203. The van der Waals surface area contributed by atoms with Gasteiger partial charge in [0.2, 0.25) is 5.91 Å². The molecule has 4 nitrogen and oxygen atoms in total. The van der Waals surface area contributed by atoms with E-state index in [1.807, 2.05) is 39.0 Å². The Morgan fingerprint density at radius 2 is 1.92 bits per heavy atom. The summed E-state index contributed by atoms with van der Waals surface area (Å²) in [6.45, 7) is 6.00. The number of thioether (sulfide) groups is 1. The lowest BCUT2D eigenvalue weighted by Gasteiger charge is -2.20. The lowest BCUT2D eigenvalue weighted by molar-refractivity contribution is -0.119. The molecule has 0 saturated carbocycles. The molecule has 1 amide bonds. The summed E-state index contributed by atoms with van der Waals surface area (Å²) in [7, 11) is 0. The second kappa shape index (κ2) is 7.01. The Hall–Kier alpha value is -1.75. The van der Waals surface area contributed by atoms with E-state index >= 15 is 0 Å². The van der Waals surface area contributed by atoms with Crippen molar-refractivity contribution in [1.29, 1.82) is 0 Å². The van der Waals surface area contributed by atoms with Crippen LogP contribution in [0.4, 0.5) is 0 Å². The van der Waals surface area contributed by atoms with Crippen LogP contribution >= 0.6 is 11.8 Å². The molecular weight excluding hydrogens is 318 g/mol. The average molecular weight is 343 g/mol. The third-order valence-corrected chi connectivity index (χ3v) is 4.90. The summed E-state index contributed by atoms with van der Waals surface area (Å²) < 4.78 is 2.24. The van der Waals surface area contributed by atoms with Crippen LogP contribution in [0.1, 0.15) is 45.0 Å². The van der Waals surface area contributed by atoms with Gasteiger partial charge in [-0.2, -0.15) is 0 Å². The number of rotatable bonds is 4. The molecular formula is C19H25N3OS. The van der Waals surface area contributed by atoms with Crippen LogP contribution in [0.25, 0.3) is 5.69 Å². The van der Waals surface area contributed by atoms with Gasteiger partial charge in [0.15, 0.2) is 5.16 Å². The van der Waals surface area contributed by atoms with Crippen LogP contribution in [0, 0.1) is 0 Å². The number of hydrogen-bond acceptors (Lipinski definition) is 3. The fourth-order valence-corrected chi connectivity index (χ4v) is 3.89. The van der Waals surface area contributed by atoms with E-state index in [-0.39, 0.29) is 11.4 Å². The van der Waals surface area contributed by atoms with Gasteiger partial charge in [0, 0.05) is 16.9 Å². The number of para-hydroxylation sites is 1. The summed E-state index contributed by atoms with van der Waals surface area (Å²) >= 11 is 1.52. The SMILES string of the molecule is CC(C)(C)NC(=O)CSc1nc2c(n1-c1ccccc1)CCCC2. The van der Waals surface area contributed by atoms with Crippen molar-refractivity contribution < 1.29 is 4.79 Å². The molecule has 0 aliphatic heterocycles. The third-order valence-electron chi connectivity index (χ3n) is 3.96. The lowest BCUT2D eigenvalue weighted by atomic mass is 10.0. The van der Waals surface area contributed by atoms with Gasteiger partial charge in [-0.1, -0.05) is 30.0 Å². The van der Waals surface area contributed by atoms with Crippen LogP contribution in [0.2, 0.25) is 0 Å². The monoisotopic (exact) mass is 343 g/mol. The summed E-state index contributed by atoms with van der Waals surface area (Å²) in [6, 6.07) is 10.3. The molecule has 5 heteroatoms. The molecule has 24 heavy (non-hydrogen) atoms. The zero-order chi connectivity index (χ0) is 17.2. The highest BCUT2D eigenvalue weighted by molar-refractivity contribution is 7.99. The number of nitrogens with zero attached hydrogens (tertiary/aromatic N) is 2. The van der Waals surface area contributed by atoms with E-state index in [2.05, 4.69) is 22.0 Å². The Bertz CT molecular complexity index is 716. The highest BCUT2D eigenvalue weighted by Crippen LogP contribution is 2.30. The topological polar surface area (TPSA) is 46.9 Å². The number of aromatic nitrogens is 2. The number of aryl methyl sites for hydroxylation is 1. The fourth-order valence-electron chi connectivity index (χ4n) is 3.04. The molecule has 2 aromatic rings. The largest absolute Gasteiger partial charge is 0.351 e. The van der Waals surface area contributed by atoms with Crippen molar-refractivity contribution in [3.8, 4) is 5.69 Å². The van der Waals surface area contributed by atoms with Gasteiger partial charge in [-0.25, -0.2) is 4.98 Å². The van der Waals surface area contributed by atoms with Crippen molar-refractivity contribution in [2.24, 2.45) is 0 Å². The minimum absolute atomic E-state index is 0.0492. The quantitative estimate of drug-likeness (QED) is 0.860. The van der Waals surface area contributed by atoms with Crippen molar-refractivity contribution in [3.05, 3.63) is 41.7 Å². The summed E-state index contributed by atoms with van der Waals surface area (Å²) in [6.07, 6.45) is 4.51. The number of carbonyl (C=O) groups excluding carboxylic acids is 1. The number of hydrogen-bond donors (Lipinski definition) is 1. The Morgan fingerprint density at radius 3 is 2.62 bits per heavy atom. The number of amides is 1. The van der Waals surface area contributed by atoms with Crippen molar-refractivity contribution in [1.82, 2.24) is 14.9 Å². The number of benzene rings is 1. The standard InChI is InChI=1S/C19H25N3OS/c1-19(2,3)21-17(23)13-24-18-20-15-11-7-8-12-16(15)22(18)14-9-5-4-6-10-14/h4-6,9-10H,7-8,11-13H2,1-3H3,(H,21,23). The molecule has 1 aromatic carbocycles. The molecule has 1 aliphatic rings. The van der Waals surface area contributed by atoms with Crippen molar-refractivity contribution in [3.63, 3.8) is 0 Å². The highest BCUT2D eigenvalue weighted by Gasteiger charge is 2.22. The van der Waals surface area contributed by atoms with Gasteiger partial charge < -0.3 is 5.32 Å². The molecule has 128 valence electrons. The Balaban J connectivity index is 1.85. The van der Waals surface area contributed by atoms with E-state index in [0.29, 0.717) is 5.75 Å². The van der Waals surface area contributed by atoms with Gasteiger partial charge in [0.05, 0.1) is 11.4 Å². The number of nitrogens with one attached hydrogen (secondary N) is 1. The summed E-state index contributed by atoms with van der Waals surface area (Å²) in [4.78, 5) is 17.0. The molecule has 1 heterocycles. The maximum Gasteiger partial charge on any atom is 0.230 e.